The highest BCUT2D eigenvalue weighted by atomic mass is 16.5. The van der Waals surface area contributed by atoms with Gasteiger partial charge in [0.15, 0.2) is 0 Å². The summed E-state index contributed by atoms with van der Waals surface area (Å²) in [6, 6.07) is 5.50. The summed E-state index contributed by atoms with van der Waals surface area (Å²) in [4.78, 5) is 22.9. The maximum Gasteiger partial charge on any atom is 0.309 e. The Labute approximate surface area is 117 Å². The van der Waals surface area contributed by atoms with Gasteiger partial charge in [-0.25, -0.2) is 0 Å². The van der Waals surface area contributed by atoms with E-state index in [1.54, 1.807) is 6.07 Å². The molecule has 0 saturated carbocycles. The van der Waals surface area contributed by atoms with E-state index in [0.717, 1.165) is 30.8 Å². The summed E-state index contributed by atoms with van der Waals surface area (Å²) in [5.41, 5.74) is 0.688. The monoisotopic (exact) mass is 277 g/mol. The van der Waals surface area contributed by atoms with E-state index < -0.39 is 11.4 Å². The summed E-state index contributed by atoms with van der Waals surface area (Å²) < 4.78 is 5.51. The quantitative estimate of drug-likeness (QED) is 0.886. The first kappa shape index (κ1) is 14.4. The first-order chi connectivity index (χ1) is 9.38. The van der Waals surface area contributed by atoms with Crippen molar-refractivity contribution < 1.29 is 19.4 Å². The Morgan fingerprint density at radius 3 is 2.85 bits per heavy atom. The minimum Gasteiger partial charge on any atom is -0.493 e. The minimum atomic E-state index is -1.07. The number of carbonyl (C=O) groups excluding carboxylic acids is 1. The Hall–Kier alpha value is -2.04. The number of rotatable bonds is 4. The number of carboxylic acids is 1. The van der Waals surface area contributed by atoms with Crippen molar-refractivity contribution in [2.24, 2.45) is 5.41 Å². The maximum absolute atomic E-state index is 11.9. The van der Waals surface area contributed by atoms with Crippen molar-refractivity contribution >= 4 is 17.6 Å². The van der Waals surface area contributed by atoms with Crippen LogP contribution in [0.1, 0.15) is 32.3 Å². The Kier molecular flexibility index (Phi) is 3.97. The predicted molar refractivity (Wildman–Crippen MR) is 74.9 cm³/mol. The van der Waals surface area contributed by atoms with Crippen LogP contribution in [0.3, 0.4) is 0 Å². The van der Waals surface area contributed by atoms with Gasteiger partial charge in [-0.1, -0.05) is 0 Å². The summed E-state index contributed by atoms with van der Waals surface area (Å²) in [5.74, 6) is -0.416. The number of anilines is 1. The van der Waals surface area contributed by atoms with E-state index in [0.29, 0.717) is 5.69 Å². The molecule has 1 amide bonds. The summed E-state index contributed by atoms with van der Waals surface area (Å²) in [6.07, 6.45) is 1.84. The van der Waals surface area contributed by atoms with Gasteiger partial charge in [-0.05, 0) is 50.5 Å². The number of hydrogen-bond donors (Lipinski definition) is 2. The minimum absolute atomic E-state index is 0.0596. The topological polar surface area (TPSA) is 75.6 Å². The summed E-state index contributed by atoms with van der Waals surface area (Å²) in [5, 5.41) is 11.8. The van der Waals surface area contributed by atoms with E-state index in [1.165, 1.54) is 13.8 Å². The number of fused-ring (bicyclic) bond motifs is 1. The Morgan fingerprint density at radius 1 is 1.40 bits per heavy atom. The molecular formula is C15H19NO4. The van der Waals surface area contributed by atoms with Gasteiger partial charge in [-0.3, -0.25) is 9.59 Å². The van der Waals surface area contributed by atoms with Crippen molar-refractivity contribution in [1.29, 1.82) is 0 Å². The number of carbonyl (C=O) groups is 2. The maximum atomic E-state index is 11.9. The van der Waals surface area contributed by atoms with Gasteiger partial charge in [-0.15, -0.1) is 0 Å². The van der Waals surface area contributed by atoms with Crippen LogP contribution in [0.25, 0.3) is 0 Å². The number of carboxylic acid groups (broad SMARTS) is 1. The fourth-order valence-corrected chi connectivity index (χ4v) is 2.12. The van der Waals surface area contributed by atoms with Crippen LogP contribution >= 0.6 is 0 Å². The number of aliphatic carboxylic acids is 1. The molecule has 0 saturated heterocycles. The van der Waals surface area contributed by atoms with Crippen LogP contribution in [-0.2, 0) is 16.0 Å². The molecule has 2 N–H and O–H groups in total. The summed E-state index contributed by atoms with van der Waals surface area (Å²) in [7, 11) is 0. The van der Waals surface area contributed by atoms with Gasteiger partial charge in [0.1, 0.15) is 5.75 Å². The van der Waals surface area contributed by atoms with Crippen molar-refractivity contribution in [2.45, 2.75) is 33.1 Å². The zero-order valence-corrected chi connectivity index (χ0v) is 11.7. The van der Waals surface area contributed by atoms with Crippen LogP contribution < -0.4 is 10.1 Å². The van der Waals surface area contributed by atoms with E-state index in [1.807, 2.05) is 12.1 Å². The van der Waals surface area contributed by atoms with Crippen molar-refractivity contribution in [3.8, 4) is 5.75 Å². The molecule has 1 aromatic rings. The molecule has 1 aliphatic rings. The average Bonchev–Trinajstić information content (AvgIpc) is 2.37. The highest BCUT2D eigenvalue weighted by Crippen LogP contribution is 2.28. The lowest BCUT2D eigenvalue weighted by molar-refractivity contribution is -0.148. The molecular weight excluding hydrogens is 258 g/mol. The molecule has 0 unspecified atom stereocenters. The van der Waals surface area contributed by atoms with Gasteiger partial charge in [0.25, 0.3) is 0 Å². The molecule has 108 valence electrons. The second-order valence-electron chi connectivity index (χ2n) is 5.69. The third kappa shape index (κ3) is 3.29. The van der Waals surface area contributed by atoms with Gasteiger partial charge < -0.3 is 15.2 Å². The zero-order valence-electron chi connectivity index (χ0n) is 11.7. The van der Waals surface area contributed by atoms with Gasteiger partial charge in [0.2, 0.25) is 5.91 Å². The third-order valence-corrected chi connectivity index (χ3v) is 3.37. The SMILES string of the molecule is CC(C)(CC(=O)Nc1ccc2c(c1)CCCO2)C(=O)O. The fourth-order valence-electron chi connectivity index (χ4n) is 2.12. The number of hydrogen-bond acceptors (Lipinski definition) is 3. The van der Waals surface area contributed by atoms with Crippen LogP contribution in [0.15, 0.2) is 18.2 Å². The van der Waals surface area contributed by atoms with Crippen LogP contribution in [-0.4, -0.2) is 23.6 Å². The molecule has 1 heterocycles. The largest absolute Gasteiger partial charge is 0.493 e. The number of ether oxygens (including phenoxy) is 1. The first-order valence-electron chi connectivity index (χ1n) is 6.67. The van der Waals surface area contributed by atoms with Crippen molar-refractivity contribution in [3.63, 3.8) is 0 Å². The molecule has 0 atom stereocenters. The lowest BCUT2D eigenvalue weighted by Crippen LogP contribution is -2.29. The van der Waals surface area contributed by atoms with Crippen molar-refractivity contribution in [3.05, 3.63) is 23.8 Å². The Bertz CT molecular complexity index is 537. The molecule has 5 heteroatoms. The predicted octanol–water partition coefficient (Wildman–Crippen LogP) is 2.45. The molecule has 1 aliphatic heterocycles. The summed E-state index contributed by atoms with van der Waals surface area (Å²) >= 11 is 0. The molecule has 0 radical (unpaired) electrons. The Morgan fingerprint density at radius 2 is 2.15 bits per heavy atom. The fraction of sp³-hybridized carbons (Fsp3) is 0.467. The molecule has 1 aromatic carbocycles. The van der Waals surface area contributed by atoms with E-state index in [4.69, 9.17) is 9.84 Å². The van der Waals surface area contributed by atoms with Crippen LogP contribution in [0.4, 0.5) is 5.69 Å². The molecule has 0 fully saturated rings. The van der Waals surface area contributed by atoms with Crippen LogP contribution in [0.2, 0.25) is 0 Å². The molecule has 0 aliphatic carbocycles. The van der Waals surface area contributed by atoms with E-state index in [-0.39, 0.29) is 12.3 Å². The van der Waals surface area contributed by atoms with E-state index in [2.05, 4.69) is 5.32 Å². The van der Waals surface area contributed by atoms with Crippen LogP contribution in [0.5, 0.6) is 5.75 Å². The van der Waals surface area contributed by atoms with E-state index >= 15 is 0 Å². The number of nitrogens with one attached hydrogen (secondary N) is 1. The molecule has 2 rings (SSSR count). The normalized spacial score (nSPS) is 14.1. The van der Waals surface area contributed by atoms with Gasteiger partial charge >= 0.3 is 5.97 Å². The number of amides is 1. The van der Waals surface area contributed by atoms with Crippen molar-refractivity contribution in [1.82, 2.24) is 0 Å². The molecule has 5 nitrogen and oxygen atoms in total. The smallest absolute Gasteiger partial charge is 0.309 e. The summed E-state index contributed by atoms with van der Waals surface area (Å²) in [6.45, 7) is 3.80. The molecule has 20 heavy (non-hydrogen) atoms. The zero-order chi connectivity index (χ0) is 14.8. The second kappa shape index (κ2) is 5.53. The molecule has 0 bridgehead atoms. The molecule has 0 spiro atoms. The van der Waals surface area contributed by atoms with Gasteiger partial charge in [0, 0.05) is 12.1 Å². The van der Waals surface area contributed by atoms with Crippen LogP contribution in [0, 0.1) is 5.41 Å². The second-order valence-corrected chi connectivity index (χ2v) is 5.69. The lowest BCUT2D eigenvalue weighted by atomic mass is 9.89. The standard InChI is InChI=1S/C15H19NO4/c1-15(2,14(18)19)9-13(17)16-11-5-6-12-10(8-11)4-3-7-20-12/h5-6,8H,3-4,7,9H2,1-2H3,(H,16,17)(H,18,19). The van der Waals surface area contributed by atoms with Gasteiger partial charge in [-0.2, -0.15) is 0 Å². The number of benzene rings is 1. The van der Waals surface area contributed by atoms with Crippen molar-refractivity contribution in [2.75, 3.05) is 11.9 Å². The molecule has 0 aromatic heterocycles. The lowest BCUT2D eigenvalue weighted by Gasteiger charge is -2.20. The highest BCUT2D eigenvalue weighted by molar-refractivity contribution is 5.94. The average molecular weight is 277 g/mol. The number of aryl methyl sites for hydroxylation is 1. The third-order valence-electron chi connectivity index (χ3n) is 3.37. The van der Waals surface area contributed by atoms with E-state index in [9.17, 15) is 9.59 Å². The Balaban J connectivity index is 2.03. The van der Waals surface area contributed by atoms with Gasteiger partial charge in [0.05, 0.1) is 12.0 Å². The highest BCUT2D eigenvalue weighted by Gasteiger charge is 2.30. The first-order valence-corrected chi connectivity index (χ1v) is 6.67.